The smallest absolute Gasteiger partial charge is 0.337 e. The number of ether oxygens (including phenoxy) is 1. The van der Waals surface area contributed by atoms with Gasteiger partial charge in [0.1, 0.15) is 11.6 Å². The van der Waals surface area contributed by atoms with E-state index < -0.39 is 23.7 Å². The number of methoxy groups -OCH3 is 1. The monoisotopic (exact) mass is 202 g/mol. The van der Waals surface area contributed by atoms with Crippen molar-refractivity contribution in [3.8, 4) is 0 Å². The van der Waals surface area contributed by atoms with Crippen molar-refractivity contribution in [1.82, 2.24) is 0 Å². The number of carboxylic acids is 1. The van der Waals surface area contributed by atoms with E-state index in [1.165, 1.54) is 0 Å². The lowest BCUT2D eigenvalue weighted by atomic mass is 10.1. The molecule has 1 rings (SSSR count). The first kappa shape index (κ1) is 10.6. The van der Waals surface area contributed by atoms with Crippen LogP contribution in [0.3, 0.4) is 0 Å². The normalized spacial score (nSPS) is 12.5. The van der Waals surface area contributed by atoms with E-state index in [2.05, 4.69) is 4.74 Å². The standard InChI is InChI=1S/C9H8F2O3/c1-14-8(9(12)13)6-3-2-5(10)4-7(6)11/h2-4,8H,1H3,(H,12,13). The van der Waals surface area contributed by atoms with Crippen molar-refractivity contribution in [2.75, 3.05) is 7.11 Å². The first-order chi connectivity index (χ1) is 6.56. The summed E-state index contributed by atoms with van der Waals surface area (Å²) in [5, 5.41) is 8.64. The van der Waals surface area contributed by atoms with Gasteiger partial charge in [0, 0.05) is 18.7 Å². The van der Waals surface area contributed by atoms with E-state index in [1.54, 1.807) is 0 Å². The Bertz CT molecular complexity index is 352. The van der Waals surface area contributed by atoms with Crippen LogP contribution in [-0.4, -0.2) is 18.2 Å². The molecule has 14 heavy (non-hydrogen) atoms. The van der Waals surface area contributed by atoms with Gasteiger partial charge in [0.15, 0.2) is 6.10 Å². The topological polar surface area (TPSA) is 46.5 Å². The van der Waals surface area contributed by atoms with E-state index in [9.17, 15) is 13.6 Å². The molecule has 0 amide bonds. The minimum Gasteiger partial charge on any atom is -0.479 e. The molecule has 0 aliphatic heterocycles. The molecule has 0 aliphatic rings. The number of benzene rings is 1. The minimum absolute atomic E-state index is 0.193. The van der Waals surface area contributed by atoms with Gasteiger partial charge < -0.3 is 9.84 Å². The van der Waals surface area contributed by atoms with Gasteiger partial charge in [-0.15, -0.1) is 0 Å². The number of aliphatic carboxylic acids is 1. The maximum atomic E-state index is 13.1. The van der Waals surface area contributed by atoms with Gasteiger partial charge in [0.2, 0.25) is 0 Å². The van der Waals surface area contributed by atoms with E-state index in [0.29, 0.717) is 6.07 Å². The molecule has 0 aromatic heterocycles. The highest BCUT2D eigenvalue weighted by atomic mass is 19.1. The van der Waals surface area contributed by atoms with E-state index in [-0.39, 0.29) is 5.56 Å². The van der Waals surface area contributed by atoms with E-state index in [0.717, 1.165) is 19.2 Å². The Morgan fingerprint density at radius 1 is 1.50 bits per heavy atom. The van der Waals surface area contributed by atoms with Crippen molar-refractivity contribution in [3.05, 3.63) is 35.4 Å². The van der Waals surface area contributed by atoms with Gasteiger partial charge >= 0.3 is 5.97 Å². The summed E-state index contributed by atoms with van der Waals surface area (Å²) in [6.45, 7) is 0. The molecule has 1 atom stereocenters. The third kappa shape index (κ3) is 2.05. The van der Waals surface area contributed by atoms with Crippen molar-refractivity contribution in [2.24, 2.45) is 0 Å². The third-order valence-electron chi connectivity index (χ3n) is 1.70. The second-order valence-corrected chi connectivity index (χ2v) is 2.62. The average molecular weight is 202 g/mol. The Balaban J connectivity index is 3.10. The molecule has 76 valence electrons. The summed E-state index contributed by atoms with van der Waals surface area (Å²) in [6.07, 6.45) is -1.41. The van der Waals surface area contributed by atoms with E-state index in [4.69, 9.17) is 5.11 Å². The number of hydrogen-bond donors (Lipinski definition) is 1. The molecule has 0 spiro atoms. The van der Waals surface area contributed by atoms with Crippen molar-refractivity contribution in [2.45, 2.75) is 6.10 Å². The largest absolute Gasteiger partial charge is 0.479 e. The summed E-state index contributed by atoms with van der Waals surface area (Å²) in [4.78, 5) is 10.6. The molecular formula is C9H8F2O3. The SMILES string of the molecule is COC(C(=O)O)c1ccc(F)cc1F. The van der Waals surface area contributed by atoms with Crippen LogP contribution in [-0.2, 0) is 9.53 Å². The fraction of sp³-hybridized carbons (Fsp3) is 0.222. The lowest BCUT2D eigenvalue weighted by molar-refractivity contribution is -0.149. The molecule has 0 aliphatic carbocycles. The summed E-state index contributed by atoms with van der Waals surface area (Å²) in [7, 11) is 1.14. The third-order valence-corrected chi connectivity index (χ3v) is 1.70. The molecule has 0 heterocycles. The highest BCUT2D eigenvalue weighted by Gasteiger charge is 2.22. The number of carboxylic acid groups (broad SMARTS) is 1. The molecule has 1 unspecified atom stereocenters. The summed E-state index contributed by atoms with van der Waals surface area (Å²) in [5.74, 6) is -3.01. The van der Waals surface area contributed by atoms with Gasteiger partial charge in [0.05, 0.1) is 0 Å². The number of hydrogen-bond acceptors (Lipinski definition) is 2. The van der Waals surface area contributed by atoms with Crippen LogP contribution in [0.15, 0.2) is 18.2 Å². The van der Waals surface area contributed by atoms with Crippen molar-refractivity contribution < 1.29 is 23.4 Å². The lowest BCUT2D eigenvalue weighted by Gasteiger charge is -2.11. The molecule has 0 saturated carbocycles. The van der Waals surface area contributed by atoms with Crippen molar-refractivity contribution in [1.29, 1.82) is 0 Å². The number of carbonyl (C=O) groups is 1. The van der Waals surface area contributed by atoms with Crippen LogP contribution >= 0.6 is 0 Å². The maximum absolute atomic E-state index is 13.1. The van der Waals surface area contributed by atoms with Gasteiger partial charge in [0.25, 0.3) is 0 Å². The first-order valence-electron chi connectivity index (χ1n) is 3.77. The van der Waals surface area contributed by atoms with Gasteiger partial charge in [-0.25, -0.2) is 13.6 Å². The number of rotatable bonds is 3. The van der Waals surface area contributed by atoms with E-state index >= 15 is 0 Å². The Morgan fingerprint density at radius 2 is 2.14 bits per heavy atom. The summed E-state index contributed by atoms with van der Waals surface area (Å²) in [5.41, 5.74) is -0.193. The maximum Gasteiger partial charge on any atom is 0.337 e. The predicted octanol–water partition coefficient (Wildman–Crippen LogP) is 1.74. The number of halogens is 2. The van der Waals surface area contributed by atoms with E-state index in [1.807, 2.05) is 0 Å². The van der Waals surface area contributed by atoms with Crippen LogP contribution in [0.4, 0.5) is 8.78 Å². The van der Waals surface area contributed by atoms with Crippen LogP contribution in [0.1, 0.15) is 11.7 Å². The average Bonchev–Trinajstić information content (AvgIpc) is 2.09. The zero-order chi connectivity index (χ0) is 10.7. The van der Waals surface area contributed by atoms with Crippen LogP contribution in [0.2, 0.25) is 0 Å². The first-order valence-corrected chi connectivity index (χ1v) is 3.77. The summed E-state index contributed by atoms with van der Waals surface area (Å²) < 4.78 is 30.1. The Morgan fingerprint density at radius 3 is 2.57 bits per heavy atom. The second kappa shape index (κ2) is 4.15. The van der Waals surface area contributed by atoms with Gasteiger partial charge in [-0.3, -0.25) is 0 Å². The highest BCUT2D eigenvalue weighted by Crippen LogP contribution is 2.20. The molecule has 0 fully saturated rings. The van der Waals surface area contributed by atoms with Gasteiger partial charge in [-0.1, -0.05) is 0 Å². The van der Waals surface area contributed by atoms with Crippen molar-refractivity contribution >= 4 is 5.97 Å². The zero-order valence-corrected chi connectivity index (χ0v) is 7.33. The van der Waals surface area contributed by atoms with Gasteiger partial charge in [-0.2, -0.15) is 0 Å². The molecule has 0 radical (unpaired) electrons. The molecule has 0 saturated heterocycles. The predicted molar refractivity (Wildman–Crippen MR) is 43.7 cm³/mol. The Kier molecular flexibility index (Phi) is 3.14. The fourth-order valence-electron chi connectivity index (χ4n) is 1.07. The van der Waals surface area contributed by atoms with Crippen LogP contribution < -0.4 is 0 Å². The Labute approximate surface area is 78.9 Å². The summed E-state index contributed by atoms with van der Waals surface area (Å²) >= 11 is 0. The molecule has 1 aromatic carbocycles. The van der Waals surface area contributed by atoms with Crippen LogP contribution in [0, 0.1) is 11.6 Å². The minimum atomic E-state index is -1.41. The molecule has 1 aromatic rings. The zero-order valence-electron chi connectivity index (χ0n) is 7.33. The quantitative estimate of drug-likeness (QED) is 0.811. The van der Waals surface area contributed by atoms with Crippen molar-refractivity contribution in [3.63, 3.8) is 0 Å². The fourth-order valence-corrected chi connectivity index (χ4v) is 1.07. The van der Waals surface area contributed by atoms with Gasteiger partial charge in [-0.05, 0) is 12.1 Å². The molecule has 5 heteroatoms. The Hall–Kier alpha value is -1.49. The van der Waals surface area contributed by atoms with Crippen LogP contribution in [0.25, 0.3) is 0 Å². The highest BCUT2D eigenvalue weighted by molar-refractivity contribution is 5.74. The molecular weight excluding hydrogens is 194 g/mol. The molecule has 3 nitrogen and oxygen atoms in total. The molecule has 1 N–H and O–H groups in total. The summed E-state index contributed by atoms with van der Waals surface area (Å²) in [6, 6.07) is 2.64. The lowest BCUT2D eigenvalue weighted by Crippen LogP contribution is -2.15. The second-order valence-electron chi connectivity index (χ2n) is 2.62. The molecule has 0 bridgehead atoms. The van der Waals surface area contributed by atoms with Crippen LogP contribution in [0.5, 0.6) is 0 Å².